The van der Waals surface area contributed by atoms with Gasteiger partial charge in [-0.15, -0.1) is 0 Å². The second kappa shape index (κ2) is 9.18. The molecule has 0 heterocycles. The highest BCUT2D eigenvalue weighted by molar-refractivity contribution is 7.89. The fourth-order valence-electron chi connectivity index (χ4n) is 2.43. The van der Waals surface area contributed by atoms with Gasteiger partial charge in [0.1, 0.15) is 0 Å². The lowest BCUT2D eigenvalue weighted by atomic mass is 10.2. The molecular weight excluding hydrogens is 404 g/mol. The first-order valence-electron chi connectivity index (χ1n) is 8.43. The minimum absolute atomic E-state index is 0.0329. The molecule has 28 heavy (non-hydrogen) atoms. The summed E-state index contributed by atoms with van der Waals surface area (Å²) in [7, 11) is -0.986. The Balaban J connectivity index is 2.16. The molecule has 9 heteroatoms. The van der Waals surface area contributed by atoms with Crippen molar-refractivity contribution in [2.75, 3.05) is 32.1 Å². The van der Waals surface area contributed by atoms with E-state index in [1.807, 2.05) is 6.07 Å². The number of benzene rings is 2. The van der Waals surface area contributed by atoms with E-state index >= 15 is 0 Å². The quantitative estimate of drug-likeness (QED) is 0.638. The van der Waals surface area contributed by atoms with Crippen molar-refractivity contribution in [3.8, 4) is 0 Å². The van der Waals surface area contributed by atoms with Crippen molar-refractivity contribution in [3.63, 3.8) is 0 Å². The summed E-state index contributed by atoms with van der Waals surface area (Å²) >= 11 is 6.02. The summed E-state index contributed by atoms with van der Waals surface area (Å²) in [6, 6.07) is 12.7. The Kier molecular flexibility index (Phi) is 7.17. The Hall–Kier alpha value is -2.42. The lowest BCUT2D eigenvalue weighted by Gasteiger charge is -2.20. The maximum atomic E-state index is 12.4. The summed E-state index contributed by atoms with van der Waals surface area (Å²) in [4.78, 5) is 26.2. The average Bonchev–Trinajstić information content (AvgIpc) is 2.67. The van der Waals surface area contributed by atoms with Gasteiger partial charge in [-0.05, 0) is 37.3 Å². The third kappa shape index (κ3) is 4.89. The maximum Gasteiger partial charge on any atom is 0.340 e. The maximum absolute atomic E-state index is 12.4. The molecule has 0 unspecified atom stereocenters. The predicted molar refractivity (Wildman–Crippen MR) is 107 cm³/mol. The van der Waals surface area contributed by atoms with Gasteiger partial charge in [-0.3, -0.25) is 4.79 Å². The van der Waals surface area contributed by atoms with Crippen molar-refractivity contribution in [1.29, 1.82) is 0 Å². The lowest BCUT2D eigenvalue weighted by Crippen LogP contribution is -2.34. The summed E-state index contributed by atoms with van der Waals surface area (Å²) in [5, 5.41) is 0.0329. The molecule has 150 valence electrons. The molecule has 1 amide bonds. The first-order chi connectivity index (χ1) is 13.2. The highest BCUT2D eigenvalue weighted by Gasteiger charge is 2.22. The van der Waals surface area contributed by atoms with Crippen molar-refractivity contribution in [2.45, 2.75) is 11.8 Å². The Morgan fingerprint density at radius 1 is 1.07 bits per heavy atom. The fourth-order valence-corrected chi connectivity index (χ4v) is 3.55. The second-order valence-corrected chi connectivity index (χ2v) is 8.54. The van der Waals surface area contributed by atoms with Crippen molar-refractivity contribution in [3.05, 3.63) is 59.1 Å². The predicted octanol–water partition coefficient (Wildman–Crippen LogP) is 2.80. The molecule has 0 spiro atoms. The summed E-state index contributed by atoms with van der Waals surface area (Å²) in [6.07, 6.45) is 0. The standard InChI is InChI=1S/C19H21ClN2O5S/c1-4-22(14-8-6-5-7-9-14)18(23)13-27-19(24)16-12-15(10-11-17(16)20)28(25,26)21(2)3/h5-12H,4,13H2,1-3H3. The van der Waals surface area contributed by atoms with Gasteiger partial charge in [0.05, 0.1) is 15.5 Å². The molecule has 0 radical (unpaired) electrons. The third-order valence-corrected chi connectivity index (χ3v) is 6.09. The lowest BCUT2D eigenvalue weighted by molar-refractivity contribution is -0.121. The Morgan fingerprint density at radius 2 is 1.71 bits per heavy atom. The van der Waals surface area contributed by atoms with Crippen molar-refractivity contribution >= 4 is 39.2 Å². The van der Waals surface area contributed by atoms with E-state index in [4.69, 9.17) is 16.3 Å². The fraction of sp³-hybridized carbons (Fsp3) is 0.263. The molecule has 0 atom stereocenters. The normalized spacial score (nSPS) is 11.3. The van der Waals surface area contributed by atoms with Crippen LogP contribution in [0.3, 0.4) is 0 Å². The number of rotatable bonds is 7. The molecule has 0 aliphatic carbocycles. The van der Waals surface area contributed by atoms with Crippen LogP contribution in [-0.2, 0) is 19.6 Å². The number of amides is 1. The van der Waals surface area contributed by atoms with E-state index in [2.05, 4.69) is 0 Å². The first-order valence-corrected chi connectivity index (χ1v) is 10.2. The van der Waals surface area contributed by atoms with Gasteiger partial charge in [-0.2, -0.15) is 0 Å². The number of ether oxygens (including phenoxy) is 1. The molecule has 0 fully saturated rings. The molecule has 0 saturated heterocycles. The molecule has 0 saturated carbocycles. The van der Waals surface area contributed by atoms with Gasteiger partial charge in [-0.25, -0.2) is 17.5 Å². The van der Waals surface area contributed by atoms with Crippen LogP contribution in [0.4, 0.5) is 5.69 Å². The van der Waals surface area contributed by atoms with Gasteiger partial charge in [0.25, 0.3) is 5.91 Å². The van der Waals surface area contributed by atoms with Gasteiger partial charge < -0.3 is 9.64 Å². The molecule has 2 rings (SSSR count). The smallest absolute Gasteiger partial charge is 0.340 e. The molecule has 0 aromatic heterocycles. The Bertz CT molecular complexity index is 962. The van der Waals surface area contributed by atoms with E-state index in [1.54, 1.807) is 31.2 Å². The van der Waals surface area contributed by atoms with Crippen LogP contribution in [0.25, 0.3) is 0 Å². The van der Waals surface area contributed by atoms with Gasteiger partial charge in [0.15, 0.2) is 6.61 Å². The van der Waals surface area contributed by atoms with Crippen LogP contribution in [0.15, 0.2) is 53.4 Å². The number of carbonyl (C=O) groups excluding carboxylic acids is 2. The zero-order valence-corrected chi connectivity index (χ0v) is 17.3. The highest BCUT2D eigenvalue weighted by atomic mass is 35.5. The number of anilines is 1. The number of halogens is 1. The Labute approximate surface area is 169 Å². The number of carbonyl (C=O) groups is 2. The zero-order valence-electron chi connectivity index (χ0n) is 15.8. The summed E-state index contributed by atoms with van der Waals surface area (Å²) in [5.41, 5.74) is 0.559. The van der Waals surface area contributed by atoms with Crippen LogP contribution in [0.5, 0.6) is 0 Å². The van der Waals surface area contributed by atoms with Crippen LogP contribution in [0, 0.1) is 0 Å². The Morgan fingerprint density at radius 3 is 2.29 bits per heavy atom. The van der Waals surface area contributed by atoms with Crippen molar-refractivity contribution in [2.24, 2.45) is 0 Å². The molecule has 0 N–H and O–H groups in total. The third-order valence-electron chi connectivity index (χ3n) is 3.95. The van der Waals surface area contributed by atoms with Crippen LogP contribution >= 0.6 is 11.6 Å². The van der Waals surface area contributed by atoms with E-state index in [1.165, 1.54) is 31.1 Å². The minimum atomic E-state index is -3.74. The zero-order chi connectivity index (χ0) is 20.9. The van der Waals surface area contributed by atoms with Crippen LogP contribution in [-0.4, -0.2) is 51.8 Å². The molecule has 2 aromatic rings. The number of para-hydroxylation sites is 1. The highest BCUT2D eigenvalue weighted by Crippen LogP contribution is 2.23. The number of hydrogen-bond acceptors (Lipinski definition) is 5. The molecule has 7 nitrogen and oxygen atoms in total. The van der Waals surface area contributed by atoms with E-state index in [-0.39, 0.29) is 15.5 Å². The van der Waals surface area contributed by atoms with Gasteiger partial charge in [0, 0.05) is 26.3 Å². The topological polar surface area (TPSA) is 84.0 Å². The number of hydrogen-bond donors (Lipinski definition) is 0. The first kappa shape index (κ1) is 21.9. The number of sulfonamides is 1. The van der Waals surface area contributed by atoms with Crippen LogP contribution in [0.1, 0.15) is 17.3 Å². The number of likely N-dealkylation sites (N-methyl/N-ethyl adjacent to an activating group) is 1. The van der Waals surface area contributed by atoms with E-state index in [0.717, 1.165) is 10.4 Å². The van der Waals surface area contributed by atoms with Crippen molar-refractivity contribution in [1.82, 2.24) is 4.31 Å². The van der Waals surface area contributed by atoms with Crippen LogP contribution < -0.4 is 4.90 Å². The van der Waals surface area contributed by atoms with Crippen molar-refractivity contribution < 1.29 is 22.7 Å². The summed E-state index contributed by atoms with van der Waals surface area (Å²) < 4.78 is 30.6. The SMILES string of the molecule is CCN(C(=O)COC(=O)c1cc(S(=O)(=O)N(C)C)ccc1Cl)c1ccccc1. The van der Waals surface area contributed by atoms with E-state index in [9.17, 15) is 18.0 Å². The molecular formula is C19H21ClN2O5S. The molecule has 0 bridgehead atoms. The largest absolute Gasteiger partial charge is 0.452 e. The molecule has 0 aliphatic heterocycles. The molecule has 2 aromatic carbocycles. The van der Waals surface area contributed by atoms with Gasteiger partial charge in [0.2, 0.25) is 10.0 Å². The van der Waals surface area contributed by atoms with E-state index < -0.39 is 28.5 Å². The monoisotopic (exact) mass is 424 g/mol. The minimum Gasteiger partial charge on any atom is -0.452 e. The van der Waals surface area contributed by atoms with Crippen LogP contribution in [0.2, 0.25) is 5.02 Å². The van der Waals surface area contributed by atoms with E-state index in [0.29, 0.717) is 12.2 Å². The number of nitrogens with zero attached hydrogens (tertiary/aromatic N) is 2. The summed E-state index contributed by atoms with van der Waals surface area (Å²) in [5.74, 6) is -1.28. The average molecular weight is 425 g/mol. The van der Waals surface area contributed by atoms with Gasteiger partial charge >= 0.3 is 5.97 Å². The summed E-state index contributed by atoms with van der Waals surface area (Å²) in [6.45, 7) is 1.71. The number of esters is 1. The second-order valence-electron chi connectivity index (χ2n) is 5.98. The molecule has 0 aliphatic rings. The van der Waals surface area contributed by atoms with Gasteiger partial charge in [-0.1, -0.05) is 29.8 Å².